The molecule has 0 amide bonds. The smallest absolute Gasteiger partial charge is 0.776 e. The van der Waals surface area contributed by atoms with Gasteiger partial charge in [0.1, 0.15) is 5.69 Å². The van der Waals surface area contributed by atoms with Crippen molar-refractivity contribution < 1.29 is 60.9 Å². The summed E-state index contributed by atoms with van der Waals surface area (Å²) in [5.74, 6) is -0.500. The molecule has 2 rings (SSSR count). The molecule has 4 nitrogen and oxygen atoms in total. The van der Waals surface area contributed by atoms with E-state index in [2.05, 4.69) is 0 Å². The van der Waals surface area contributed by atoms with Crippen molar-refractivity contribution in [1.82, 2.24) is 4.40 Å². The van der Waals surface area contributed by atoms with Gasteiger partial charge in [0.05, 0.1) is 23.8 Å². The summed E-state index contributed by atoms with van der Waals surface area (Å²) in [7, 11) is 0. The molecular formula is C12H9KN2O2S. The molecule has 0 unspecified atom stereocenters. The Morgan fingerprint density at radius 1 is 1.56 bits per heavy atom. The van der Waals surface area contributed by atoms with E-state index in [1.54, 1.807) is 35.7 Å². The van der Waals surface area contributed by atoms with Crippen molar-refractivity contribution in [2.45, 2.75) is 11.8 Å². The van der Waals surface area contributed by atoms with Crippen LogP contribution in [0.1, 0.15) is 23.0 Å². The van der Waals surface area contributed by atoms with Crippen molar-refractivity contribution in [3.8, 4) is 6.07 Å². The molecule has 0 aliphatic carbocycles. The maximum Gasteiger partial charge on any atom is 1.00 e. The van der Waals surface area contributed by atoms with Gasteiger partial charge in [-0.2, -0.15) is 5.26 Å². The van der Waals surface area contributed by atoms with Crippen LogP contribution in [0.4, 0.5) is 0 Å². The molecule has 86 valence electrons. The number of hydrogen-bond donors (Lipinski definition) is 0. The van der Waals surface area contributed by atoms with Crippen molar-refractivity contribution in [2.24, 2.45) is 0 Å². The number of ether oxygens (including phenoxy) is 1. The third-order valence-corrected chi connectivity index (χ3v) is 2.78. The minimum Gasteiger partial charge on any atom is -0.776 e. The van der Waals surface area contributed by atoms with Gasteiger partial charge in [0, 0.05) is 6.20 Å². The van der Waals surface area contributed by atoms with Crippen LogP contribution in [-0.2, 0) is 17.4 Å². The summed E-state index contributed by atoms with van der Waals surface area (Å²) < 4.78 is 6.53. The normalized spacial score (nSPS) is 9.56. The molecular weight excluding hydrogens is 275 g/mol. The first-order valence-electron chi connectivity index (χ1n) is 5.08. The van der Waals surface area contributed by atoms with Gasteiger partial charge in [-0.25, -0.2) is 4.79 Å². The Labute approximate surface area is 153 Å². The average molecular weight is 284 g/mol. The number of nitrogens with zero attached hydrogens (tertiary/aromatic N) is 2. The maximum absolute atomic E-state index is 11.8. The van der Waals surface area contributed by atoms with E-state index in [4.69, 9.17) is 22.6 Å². The quantitative estimate of drug-likeness (QED) is 0.399. The Hall–Kier alpha value is -0.424. The number of esters is 1. The zero-order valence-corrected chi connectivity index (χ0v) is 14.1. The summed E-state index contributed by atoms with van der Waals surface area (Å²) in [6.07, 6.45) is 1.69. The Balaban J connectivity index is 0.00000162. The zero-order valence-electron chi connectivity index (χ0n) is 10.1. The molecule has 0 spiro atoms. The van der Waals surface area contributed by atoms with Crippen LogP contribution in [0.5, 0.6) is 0 Å². The van der Waals surface area contributed by atoms with Crippen LogP contribution in [0.2, 0.25) is 0 Å². The topological polar surface area (TPSA) is 54.5 Å². The molecule has 0 N–H and O–H groups in total. The van der Waals surface area contributed by atoms with Gasteiger partial charge in [-0.1, -0.05) is 6.07 Å². The predicted molar refractivity (Wildman–Crippen MR) is 63.7 cm³/mol. The molecule has 0 aliphatic heterocycles. The molecule has 0 atom stereocenters. The molecule has 0 aliphatic rings. The first-order chi connectivity index (χ1) is 8.20. The minimum atomic E-state index is -0.500. The van der Waals surface area contributed by atoms with E-state index in [-0.39, 0.29) is 68.6 Å². The van der Waals surface area contributed by atoms with E-state index in [9.17, 15) is 4.79 Å². The number of fused-ring (bicyclic) bond motifs is 1. The van der Waals surface area contributed by atoms with Gasteiger partial charge in [-0.3, -0.25) is 0 Å². The molecule has 0 bridgehead atoms. The first-order valence-corrected chi connectivity index (χ1v) is 5.48. The van der Waals surface area contributed by atoms with E-state index in [0.29, 0.717) is 11.1 Å². The average Bonchev–Trinajstić information content (AvgIpc) is 2.61. The van der Waals surface area contributed by atoms with E-state index in [0.717, 1.165) is 0 Å². The number of carbonyl (C=O) groups is 1. The fraction of sp³-hybridized carbons (Fsp3) is 0.167. The van der Waals surface area contributed by atoms with Crippen LogP contribution in [0, 0.1) is 11.3 Å². The number of aromatic nitrogens is 1. The summed E-state index contributed by atoms with van der Waals surface area (Å²) in [5.41, 5.74) is 1.21. The van der Waals surface area contributed by atoms with Crippen LogP contribution in [0.15, 0.2) is 29.3 Å². The summed E-state index contributed by atoms with van der Waals surface area (Å²) in [6.45, 7) is 2.00. The van der Waals surface area contributed by atoms with Crippen molar-refractivity contribution in [3.05, 3.63) is 35.7 Å². The van der Waals surface area contributed by atoms with Crippen molar-refractivity contribution in [3.63, 3.8) is 0 Å². The second-order valence-electron chi connectivity index (χ2n) is 3.34. The molecule has 2 aromatic rings. The third-order valence-electron chi connectivity index (χ3n) is 2.38. The zero-order chi connectivity index (χ0) is 12.4. The number of nitriles is 1. The number of carbonyl (C=O) groups excluding carboxylic acids is 1. The van der Waals surface area contributed by atoms with Crippen molar-refractivity contribution in [1.29, 1.82) is 5.26 Å². The van der Waals surface area contributed by atoms with Crippen LogP contribution in [0.25, 0.3) is 5.52 Å². The van der Waals surface area contributed by atoms with Crippen LogP contribution in [-0.4, -0.2) is 17.0 Å². The summed E-state index contributed by atoms with van der Waals surface area (Å²) in [5, 5.41) is 9.06. The van der Waals surface area contributed by atoms with Crippen LogP contribution >= 0.6 is 0 Å². The predicted octanol–water partition coefficient (Wildman–Crippen LogP) is -1.10. The molecule has 0 aromatic carbocycles. The molecule has 0 radical (unpaired) electrons. The second-order valence-corrected chi connectivity index (χ2v) is 3.75. The molecule has 0 fully saturated rings. The minimum absolute atomic E-state index is 0. The van der Waals surface area contributed by atoms with Crippen molar-refractivity contribution >= 4 is 24.1 Å². The number of hydrogen-bond acceptors (Lipinski definition) is 4. The third kappa shape index (κ3) is 2.61. The molecule has 6 heteroatoms. The fourth-order valence-corrected chi connectivity index (χ4v) is 2.02. The van der Waals surface area contributed by atoms with Crippen molar-refractivity contribution in [2.75, 3.05) is 6.61 Å². The van der Waals surface area contributed by atoms with E-state index in [1.165, 1.54) is 0 Å². The Bertz CT molecular complexity index is 631. The second kappa shape index (κ2) is 6.66. The summed E-state index contributed by atoms with van der Waals surface area (Å²) >= 11 is 5.14. The van der Waals surface area contributed by atoms with E-state index in [1.807, 2.05) is 6.07 Å². The van der Waals surface area contributed by atoms with Gasteiger partial charge < -0.3 is 21.8 Å². The van der Waals surface area contributed by atoms with Crippen LogP contribution in [0.3, 0.4) is 0 Å². The van der Waals surface area contributed by atoms with Crippen LogP contribution < -0.4 is 51.4 Å². The standard InChI is InChI=1S/C12H10N2O2S.K/c1-2-16-12(15)10-11(17)8(7-13)9-5-3-4-6-14(9)10;/h3-6,17H,2H2,1H3;/q;+1/p-1. The monoisotopic (exact) mass is 284 g/mol. The van der Waals surface area contributed by atoms with Gasteiger partial charge in [-0.05, 0) is 19.1 Å². The Morgan fingerprint density at radius 3 is 2.89 bits per heavy atom. The Kier molecular flexibility index (Phi) is 5.78. The van der Waals surface area contributed by atoms with Gasteiger partial charge in [0.25, 0.3) is 0 Å². The SMILES string of the molecule is CCOC(=O)c1c([S-])c(C#N)c2ccccn12.[K+]. The van der Waals surface area contributed by atoms with E-state index < -0.39 is 5.97 Å². The number of pyridine rings is 1. The van der Waals surface area contributed by atoms with Gasteiger partial charge in [-0.15, -0.1) is 4.90 Å². The molecule has 0 saturated heterocycles. The van der Waals surface area contributed by atoms with Gasteiger partial charge in [0.2, 0.25) is 0 Å². The summed E-state index contributed by atoms with van der Waals surface area (Å²) in [4.78, 5) is 12.0. The van der Waals surface area contributed by atoms with Gasteiger partial charge >= 0.3 is 57.4 Å². The molecule has 0 saturated carbocycles. The fourth-order valence-electron chi connectivity index (χ4n) is 1.68. The molecule has 18 heavy (non-hydrogen) atoms. The van der Waals surface area contributed by atoms with Gasteiger partial charge in [0.15, 0.2) is 0 Å². The maximum atomic E-state index is 11.8. The largest absolute Gasteiger partial charge is 1.00 e. The first kappa shape index (κ1) is 15.6. The van der Waals surface area contributed by atoms with E-state index >= 15 is 0 Å². The summed E-state index contributed by atoms with van der Waals surface area (Å²) in [6, 6.07) is 7.33. The Morgan fingerprint density at radius 2 is 2.28 bits per heavy atom. The molecule has 2 heterocycles. The molecule has 2 aromatic heterocycles. The number of rotatable bonds is 2.